The van der Waals surface area contributed by atoms with Crippen LogP contribution in [0.25, 0.3) is 0 Å². The molecule has 3 heteroatoms. The van der Waals surface area contributed by atoms with Crippen LogP contribution >= 0.6 is 11.3 Å². The molecule has 0 radical (unpaired) electrons. The van der Waals surface area contributed by atoms with Crippen molar-refractivity contribution in [2.24, 2.45) is 0 Å². The standard InChI is InChI=1S/C14H17NOS/c1-2-15-10-14-13(8-9-17-14)16-11-12-6-4-3-5-7-12/h3-9,15H,2,10-11H2,1H3. The van der Waals surface area contributed by atoms with Gasteiger partial charge in [-0.3, -0.25) is 0 Å². The van der Waals surface area contributed by atoms with E-state index in [4.69, 9.17) is 4.74 Å². The lowest BCUT2D eigenvalue weighted by atomic mass is 10.2. The molecule has 0 fully saturated rings. The molecule has 2 rings (SSSR count). The van der Waals surface area contributed by atoms with Crippen molar-refractivity contribution in [1.82, 2.24) is 5.32 Å². The van der Waals surface area contributed by atoms with E-state index in [1.54, 1.807) is 11.3 Å². The van der Waals surface area contributed by atoms with Crippen molar-refractivity contribution in [3.8, 4) is 5.75 Å². The number of ether oxygens (including phenoxy) is 1. The van der Waals surface area contributed by atoms with Gasteiger partial charge in [0.1, 0.15) is 12.4 Å². The Morgan fingerprint density at radius 1 is 1.18 bits per heavy atom. The fourth-order valence-electron chi connectivity index (χ4n) is 1.56. The zero-order valence-electron chi connectivity index (χ0n) is 9.98. The van der Waals surface area contributed by atoms with Gasteiger partial charge in [-0.25, -0.2) is 0 Å². The van der Waals surface area contributed by atoms with Crippen LogP contribution in [0.4, 0.5) is 0 Å². The molecule has 0 aliphatic heterocycles. The first-order valence-electron chi connectivity index (χ1n) is 5.84. The van der Waals surface area contributed by atoms with Gasteiger partial charge in [-0.1, -0.05) is 37.3 Å². The zero-order valence-corrected chi connectivity index (χ0v) is 10.8. The maximum Gasteiger partial charge on any atom is 0.134 e. The molecule has 1 N–H and O–H groups in total. The van der Waals surface area contributed by atoms with Crippen LogP contribution in [-0.2, 0) is 13.2 Å². The summed E-state index contributed by atoms with van der Waals surface area (Å²) in [5.74, 6) is 1.000. The second-order valence-electron chi connectivity index (χ2n) is 3.76. The van der Waals surface area contributed by atoms with Crippen molar-refractivity contribution in [3.63, 3.8) is 0 Å². The highest BCUT2D eigenvalue weighted by molar-refractivity contribution is 7.10. The van der Waals surface area contributed by atoms with Crippen LogP contribution in [0.15, 0.2) is 41.8 Å². The van der Waals surface area contributed by atoms with Gasteiger partial charge in [0.2, 0.25) is 0 Å². The van der Waals surface area contributed by atoms with Crippen LogP contribution in [-0.4, -0.2) is 6.54 Å². The van der Waals surface area contributed by atoms with E-state index in [-0.39, 0.29) is 0 Å². The summed E-state index contributed by atoms with van der Waals surface area (Å²) in [6, 6.07) is 12.3. The van der Waals surface area contributed by atoms with E-state index in [1.165, 1.54) is 10.4 Å². The first-order chi connectivity index (χ1) is 8.40. The molecule has 17 heavy (non-hydrogen) atoms. The topological polar surface area (TPSA) is 21.3 Å². The Morgan fingerprint density at radius 3 is 2.76 bits per heavy atom. The first-order valence-corrected chi connectivity index (χ1v) is 6.72. The molecular weight excluding hydrogens is 230 g/mol. The van der Waals surface area contributed by atoms with Crippen molar-refractivity contribution in [2.45, 2.75) is 20.1 Å². The number of hydrogen-bond acceptors (Lipinski definition) is 3. The highest BCUT2D eigenvalue weighted by Crippen LogP contribution is 2.25. The maximum absolute atomic E-state index is 5.83. The van der Waals surface area contributed by atoms with Crippen LogP contribution in [0.5, 0.6) is 5.75 Å². The van der Waals surface area contributed by atoms with Gasteiger partial charge in [-0.05, 0) is 23.6 Å². The predicted molar refractivity (Wildman–Crippen MR) is 72.5 cm³/mol. The van der Waals surface area contributed by atoms with Gasteiger partial charge in [0.15, 0.2) is 0 Å². The van der Waals surface area contributed by atoms with E-state index >= 15 is 0 Å². The Bertz CT molecular complexity index is 438. The molecule has 0 amide bonds. The molecule has 0 aliphatic rings. The molecule has 0 saturated heterocycles. The summed E-state index contributed by atoms with van der Waals surface area (Å²) < 4.78 is 5.83. The van der Waals surface area contributed by atoms with E-state index in [2.05, 4.69) is 29.8 Å². The summed E-state index contributed by atoms with van der Waals surface area (Å²) in [5.41, 5.74) is 1.20. The van der Waals surface area contributed by atoms with E-state index < -0.39 is 0 Å². The smallest absolute Gasteiger partial charge is 0.134 e. The maximum atomic E-state index is 5.83. The lowest BCUT2D eigenvalue weighted by molar-refractivity contribution is 0.304. The second-order valence-corrected chi connectivity index (χ2v) is 4.76. The van der Waals surface area contributed by atoms with E-state index in [0.29, 0.717) is 6.61 Å². The summed E-state index contributed by atoms with van der Waals surface area (Å²) in [6.45, 7) is 4.61. The third-order valence-corrected chi connectivity index (χ3v) is 3.38. The molecule has 0 saturated carbocycles. The summed E-state index contributed by atoms with van der Waals surface area (Å²) >= 11 is 1.74. The van der Waals surface area contributed by atoms with Crippen LogP contribution < -0.4 is 10.1 Å². The number of thiophene rings is 1. The van der Waals surface area contributed by atoms with Gasteiger partial charge in [-0.15, -0.1) is 11.3 Å². The summed E-state index contributed by atoms with van der Waals surface area (Å²) in [7, 11) is 0. The highest BCUT2D eigenvalue weighted by atomic mass is 32.1. The van der Waals surface area contributed by atoms with E-state index in [9.17, 15) is 0 Å². The average molecular weight is 247 g/mol. The van der Waals surface area contributed by atoms with E-state index in [1.807, 2.05) is 24.3 Å². The monoisotopic (exact) mass is 247 g/mol. The van der Waals surface area contributed by atoms with Gasteiger partial charge in [0.25, 0.3) is 0 Å². The molecule has 0 bridgehead atoms. The van der Waals surface area contributed by atoms with Gasteiger partial charge in [-0.2, -0.15) is 0 Å². The molecule has 1 aromatic carbocycles. The summed E-state index contributed by atoms with van der Waals surface area (Å²) in [4.78, 5) is 1.27. The van der Waals surface area contributed by atoms with Crippen LogP contribution in [0.2, 0.25) is 0 Å². The molecule has 1 heterocycles. The summed E-state index contributed by atoms with van der Waals surface area (Å²) in [6.07, 6.45) is 0. The molecule has 90 valence electrons. The third kappa shape index (κ3) is 3.58. The van der Waals surface area contributed by atoms with Crippen molar-refractivity contribution < 1.29 is 4.74 Å². The SMILES string of the molecule is CCNCc1sccc1OCc1ccccc1. The summed E-state index contributed by atoms with van der Waals surface area (Å²) in [5, 5.41) is 5.40. The Kier molecular flexibility index (Phi) is 4.59. The number of rotatable bonds is 6. The predicted octanol–water partition coefficient (Wildman–Crippen LogP) is 3.44. The Morgan fingerprint density at radius 2 is 2.00 bits per heavy atom. The van der Waals surface area contributed by atoms with E-state index in [0.717, 1.165) is 18.8 Å². The minimum Gasteiger partial charge on any atom is -0.488 e. The number of hydrogen-bond donors (Lipinski definition) is 1. The molecular formula is C14H17NOS. The molecule has 0 aliphatic carbocycles. The minimum absolute atomic E-state index is 0.636. The van der Waals surface area contributed by atoms with Crippen molar-refractivity contribution in [3.05, 3.63) is 52.2 Å². The fourth-order valence-corrected chi connectivity index (χ4v) is 2.34. The zero-order chi connectivity index (χ0) is 11.9. The minimum atomic E-state index is 0.636. The quantitative estimate of drug-likeness (QED) is 0.844. The molecule has 0 atom stereocenters. The Balaban J connectivity index is 1.92. The fraction of sp³-hybridized carbons (Fsp3) is 0.286. The normalized spacial score (nSPS) is 10.4. The lowest BCUT2D eigenvalue weighted by Gasteiger charge is -2.07. The molecule has 2 aromatic rings. The van der Waals surface area contributed by atoms with Crippen LogP contribution in [0, 0.1) is 0 Å². The van der Waals surface area contributed by atoms with Crippen molar-refractivity contribution >= 4 is 11.3 Å². The van der Waals surface area contributed by atoms with Gasteiger partial charge < -0.3 is 10.1 Å². The lowest BCUT2D eigenvalue weighted by Crippen LogP contribution is -2.11. The third-order valence-electron chi connectivity index (χ3n) is 2.48. The second kappa shape index (κ2) is 6.42. The van der Waals surface area contributed by atoms with Gasteiger partial charge in [0.05, 0.1) is 4.88 Å². The average Bonchev–Trinajstić information content (AvgIpc) is 2.82. The van der Waals surface area contributed by atoms with Gasteiger partial charge in [0, 0.05) is 6.54 Å². The Hall–Kier alpha value is -1.32. The first kappa shape index (κ1) is 12.1. The number of nitrogens with one attached hydrogen (secondary N) is 1. The largest absolute Gasteiger partial charge is 0.488 e. The molecule has 1 aromatic heterocycles. The number of benzene rings is 1. The molecule has 0 unspecified atom stereocenters. The van der Waals surface area contributed by atoms with Crippen molar-refractivity contribution in [1.29, 1.82) is 0 Å². The van der Waals surface area contributed by atoms with Gasteiger partial charge >= 0.3 is 0 Å². The highest BCUT2D eigenvalue weighted by Gasteiger charge is 2.04. The molecule has 0 spiro atoms. The molecule has 2 nitrogen and oxygen atoms in total. The van der Waals surface area contributed by atoms with Crippen LogP contribution in [0.3, 0.4) is 0 Å². The Labute approximate surface area is 106 Å². The van der Waals surface area contributed by atoms with Crippen molar-refractivity contribution in [2.75, 3.05) is 6.54 Å². The van der Waals surface area contributed by atoms with Crippen LogP contribution in [0.1, 0.15) is 17.4 Å².